The highest BCUT2D eigenvalue weighted by atomic mass is 35.5. The summed E-state index contributed by atoms with van der Waals surface area (Å²) < 4.78 is 29.8. The summed E-state index contributed by atoms with van der Waals surface area (Å²) in [6.45, 7) is 0. The third-order valence-corrected chi connectivity index (χ3v) is 1.72. The number of halogens is 3. The first-order valence-electron chi connectivity index (χ1n) is 3.54. The molecule has 1 aromatic rings. The van der Waals surface area contributed by atoms with Crippen LogP contribution in [0.1, 0.15) is 0 Å². The van der Waals surface area contributed by atoms with Gasteiger partial charge in [-0.3, -0.25) is 5.32 Å². The van der Waals surface area contributed by atoms with E-state index in [1.807, 2.05) is 5.32 Å². The summed E-state index contributed by atoms with van der Waals surface area (Å²) in [5.74, 6) is -1.77. The Hall–Kier alpha value is -1.36. The zero-order valence-electron chi connectivity index (χ0n) is 7.11. The van der Waals surface area contributed by atoms with Crippen molar-refractivity contribution < 1.29 is 18.3 Å². The molecule has 0 saturated heterocycles. The van der Waals surface area contributed by atoms with Crippen molar-refractivity contribution in [1.29, 1.82) is 0 Å². The van der Waals surface area contributed by atoms with E-state index in [0.29, 0.717) is 6.07 Å². The molecule has 0 saturated carbocycles. The Bertz CT molecular complexity index is 347. The minimum Gasteiger partial charge on any atom is -0.453 e. The maximum atomic E-state index is 13.0. The van der Waals surface area contributed by atoms with Crippen LogP contribution in [0.2, 0.25) is 5.02 Å². The van der Waals surface area contributed by atoms with Gasteiger partial charge in [0.05, 0.1) is 17.8 Å². The first kappa shape index (κ1) is 10.7. The lowest BCUT2D eigenvalue weighted by molar-refractivity contribution is 0.186. The van der Waals surface area contributed by atoms with Crippen molar-refractivity contribution in [3.63, 3.8) is 0 Å². The van der Waals surface area contributed by atoms with E-state index in [9.17, 15) is 13.6 Å². The van der Waals surface area contributed by atoms with Gasteiger partial charge in [-0.1, -0.05) is 11.6 Å². The molecule has 3 nitrogen and oxygen atoms in total. The number of anilines is 1. The number of amides is 1. The molecule has 1 aromatic carbocycles. The number of benzene rings is 1. The van der Waals surface area contributed by atoms with Gasteiger partial charge in [0.15, 0.2) is 5.82 Å². The first-order valence-corrected chi connectivity index (χ1v) is 3.92. The molecule has 0 radical (unpaired) electrons. The minimum atomic E-state index is -0.958. The molecule has 0 aliphatic carbocycles. The van der Waals surface area contributed by atoms with E-state index in [0.717, 1.165) is 13.2 Å². The molecule has 1 N–H and O–H groups in total. The smallest absolute Gasteiger partial charge is 0.411 e. The zero-order chi connectivity index (χ0) is 10.7. The van der Waals surface area contributed by atoms with Gasteiger partial charge in [0, 0.05) is 6.07 Å². The molecular weight excluding hydrogens is 216 g/mol. The number of rotatable bonds is 1. The Kier molecular flexibility index (Phi) is 3.24. The quantitative estimate of drug-likeness (QED) is 0.792. The van der Waals surface area contributed by atoms with Crippen LogP contribution in [0.4, 0.5) is 19.3 Å². The van der Waals surface area contributed by atoms with Crippen LogP contribution in [0.5, 0.6) is 0 Å². The van der Waals surface area contributed by atoms with E-state index < -0.39 is 17.7 Å². The number of hydrogen-bond acceptors (Lipinski definition) is 2. The van der Waals surface area contributed by atoms with Gasteiger partial charge in [0.1, 0.15) is 5.82 Å². The topological polar surface area (TPSA) is 38.3 Å². The second kappa shape index (κ2) is 4.23. The molecule has 76 valence electrons. The molecule has 0 aromatic heterocycles. The average Bonchev–Trinajstić information content (AvgIpc) is 2.10. The molecule has 0 heterocycles. The predicted octanol–water partition coefficient (Wildman–Crippen LogP) is 2.80. The fourth-order valence-electron chi connectivity index (χ4n) is 0.815. The molecule has 0 aliphatic heterocycles. The fourth-order valence-corrected chi connectivity index (χ4v) is 1.06. The Balaban J connectivity index is 3.02. The Morgan fingerprint density at radius 3 is 2.64 bits per heavy atom. The number of ether oxygens (including phenoxy) is 1. The molecule has 14 heavy (non-hydrogen) atoms. The highest BCUT2D eigenvalue weighted by Crippen LogP contribution is 2.26. The summed E-state index contributed by atoms with van der Waals surface area (Å²) in [5, 5.41) is 1.79. The van der Waals surface area contributed by atoms with Crippen LogP contribution in [0.3, 0.4) is 0 Å². The van der Waals surface area contributed by atoms with Crippen molar-refractivity contribution in [2.24, 2.45) is 0 Å². The van der Waals surface area contributed by atoms with Gasteiger partial charge in [-0.2, -0.15) is 0 Å². The van der Waals surface area contributed by atoms with E-state index in [2.05, 4.69) is 4.74 Å². The largest absolute Gasteiger partial charge is 0.453 e. The summed E-state index contributed by atoms with van der Waals surface area (Å²) >= 11 is 5.49. The van der Waals surface area contributed by atoms with Crippen LogP contribution in [0, 0.1) is 11.6 Å². The van der Waals surface area contributed by atoms with Crippen LogP contribution in [0.25, 0.3) is 0 Å². The number of methoxy groups -OCH3 is 1. The molecular formula is C8H6ClF2NO2. The Morgan fingerprint density at radius 2 is 2.14 bits per heavy atom. The van der Waals surface area contributed by atoms with Gasteiger partial charge in [0.25, 0.3) is 0 Å². The standard InChI is InChI=1S/C8H6ClF2NO2/c1-14-8(13)12-7-5(9)2-4(10)3-6(7)11/h2-3H,1H3,(H,12,13). The summed E-state index contributed by atoms with van der Waals surface area (Å²) in [7, 11) is 1.12. The SMILES string of the molecule is COC(=O)Nc1c(F)cc(F)cc1Cl. The molecule has 0 unspecified atom stereocenters. The number of hydrogen-bond donors (Lipinski definition) is 1. The third kappa shape index (κ3) is 2.32. The van der Waals surface area contributed by atoms with E-state index in [-0.39, 0.29) is 10.7 Å². The molecule has 0 bridgehead atoms. The highest BCUT2D eigenvalue weighted by molar-refractivity contribution is 6.33. The normalized spacial score (nSPS) is 9.71. The van der Waals surface area contributed by atoms with Crippen molar-refractivity contribution in [3.8, 4) is 0 Å². The van der Waals surface area contributed by atoms with Crippen molar-refractivity contribution in [3.05, 3.63) is 28.8 Å². The molecule has 1 rings (SSSR count). The van der Waals surface area contributed by atoms with Crippen LogP contribution in [-0.2, 0) is 4.74 Å². The molecule has 6 heteroatoms. The van der Waals surface area contributed by atoms with E-state index in [4.69, 9.17) is 11.6 Å². The lowest BCUT2D eigenvalue weighted by Gasteiger charge is -2.06. The number of nitrogens with one attached hydrogen (secondary N) is 1. The molecule has 1 amide bonds. The van der Waals surface area contributed by atoms with Gasteiger partial charge < -0.3 is 4.74 Å². The maximum absolute atomic E-state index is 13.0. The Labute approximate surface area is 83.6 Å². The summed E-state index contributed by atoms with van der Waals surface area (Å²) in [6, 6.07) is 1.49. The molecule has 0 atom stereocenters. The average molecular weight is 222 g/mol. The van der Waals surface area contributed by atoms with Gasteiger partial charge in [-0.25, -0.2) is 13.6 Å². The zero-order valence-corrected chi connectivity index (χ0v) is 7.86. The van der Waals surface area contributed by atoms with Crippen molar-refractivity contribution in [2.45, 2.75) is 0 Å². The van der Waals surface area contributed by atoms with Crippen LogP contribution < -0.4 is 5.32 Å². The molecule has 0 spiro atoms. The van der Waals surface area contributed by atoms with E-state index >= 15 is 0 Å². The summed E-state index contributed by atoms with van der Waals surface area (Å²) in [4.78, 5) is 10.7. The lowest BCUT2D eigenvalue weighted by Crippen LogP contribution is -2.12. The van der Waals surface area contributed by atoms with Crippen LogP contribution in [-0.4, -0.2) is 13.2 Å². The monoisotopic (exact) mass is 221 g/mol. The van der Waals surface area contributed by atoms with Gasteiger partial charge in [0.2, 0.25) is 0 Å². The van der Waals surface area contributed by atoms with E-state index in [1.165, 1.54) is 0 Å². The second-order valence-electron chi connectivity index (χ2n) is 2.36. The molecule has 0 fully saturated rings. The third-order valence-electron chi connectivity index (χ3n) is 1.42. The highest BCUT2D eigenvalue weighted by Gasteiger charge is 2.12. The van der Waals surface area contributed by atoms with Gasteiger partial charge >= 0.3 is 6.09 Å². The second-order valence-corrected chi connectivity index (χ2v) is 2.77. The first-order chi connectivity index (χ1) is 6.54. The van der Waals surface area contributed by atoms with Gasteiger partial charge in [-0.15, -0.1) is 0 Å². The maximum Gasteiger partial charge on any atom is 0.411 e. The Morgan fingerprint density at radius 1 is 1.50 bits per heavy atom. The van der Waals surface area contributed by atoms with Crippen molar-refractivity contribution in [2.75, 3.05) is 12.4 Å². The van der Waals surface area contributed by atoms with Crippen LogP contribution >= 0.6 is 11.6 Å². The van der Waals surface area contributed by atoms with Gasteiger partial charge in [-0.05, 0) is 6.07 Å². The van der Waals surface area contributed by atoms with Crippen molar-refractivity contribution >= 4 is 23.4 Å². The fraction of sp³-hybridized carbons (Fsp3) is 0.125. The van der Waals surface area contributed by atoms with Crippen molar-refractivity contribution in [1.82, 2.24) is 0 Å². The number of carbonyl (C=O) groups is 1. The predicted molar refractivity (Wildman–Crippen MR) is 47.4 cm³/mol. The lowest BCUT2D eigenvalue weighted by atomic mass is 10.3. The molecule has 0 aliphatic rings. The van der Waals surface area contributed by atoms with E-state index in [1.54, 1.807) is 0 Å². The summed E-state index contributed by atoms with van der Waals surface area (Å²) in [6.07, 6.45) is -0.877. The van der Waals surface area contributed by atoms with Crippen LogP contribution in [0.15, 0.2) is 12.1 Å². The minimum absolute atomic E-state index is 0.229. The number of carbonyl (C=O) groups excluding carboxylic acids is 1. The summed E-state index contributed by atoms with van der Waals surface area (Å²) in [5.41, 5.74) is -0.306.